The molecule has 0 heterocycles. The van der Waals surface area contributed by atoms with Crippen LogP contribution in [0.1, 0.15) is 30.6 Å². The third-order valence-electron chi connectivity index (χ3n) is 2.90. The van der Waals surface area contributed by atoms with Gasteiger partial charge in [-0.15, -0.1) is 11.6 Å². The quantitative estimate of drug-likeness (QED) is 0.494. The van der Waals surface area contributed by atoms with Crippen molar-refractivity contribution in [3.05, 3.63) is 38.9 Å². The lowest BCUT2D eigenvalue weighted by atomic mass is 9.90. The summed E-state index contributed by atoms with van der Waals surface area (Å²) < 4.78 is 0. The van der Waals surface area contributed by atoms with Crippen molar-refractivity contribution >= 4 is 34.8 Å². The van der Waals surface area contributed by atoms with Crippen LogP contribution in [-0.2, 0) is 0 Å². The van der Waals surface area contributed by atoms with E-state index in [1.165, 1.54) is 18.2 Å². The average Bonchev–Trinajstić information content (AvgIpc) is 2.35. The standard InChI is InChI=1S/C13H16Cl2N2O3/c1-13(2,5-6-14)8-16-12(18)10-4-3-9(15)7-11(10)17(19)20/h3-4,7H,5-6,8H2,1-2H3,(H,16,18). The number of amides is 1. The van der Waals surface area contributed by atoms with Gasteiger partial charge in [0.05, 0.1) is 4.92 Å². The number of nitrogens with zero attached hydrogens (tertiary/aromatic N) is 1. The zero-order valence-electron chi connectivity index (χ0n) is 11.3. The fourth-order valence-electron chi connectivity index (χ4n) is 1.61. The van der Waals surface area contributed by atoms with Crippen LogP contribution in [0, 0.1) is 15.5 Å². The molecule has 0 spiro atoms. The smallest absolute Gasteiger partial charge is 0.283 e. The minimum Gasteiger partial charge on any atom is -0.351 e. The van der Waals surface area contributed by atoms with Crippen LogP contribution in [0.15, 0.2) is 18.2 Å². The highest BCUT2D eigenvalue weighted by atomic mass is 35.5. The van der Waals surface area contributed by atoms with Gasteiger partial charge in [-0.05, 0) is 24.0 Å². The van der Waals surface area contributed by atoms with Crippen molar-refractivity contribution in [2.45, 2.75) is 20.3 Å². The van der Waals surface area contributed by atoms with Crippen LogP contribution >= 0.6 is 23.2 Å². The van der Waals surface area contributed by atoms with E-state index in [-0.39, 0.29) is 21.7 Å². The molecule has 0 aliphatic carbocycles. The van der Waals surface area contributed by atoms with Crippen molar-refractivity contribution in [2.24, 2.45) is 5.41 Å². The van der Waals surface area contributed by atoms with Crippen LogP contribution in [0.3, 0.4) is 0 Å². The minimum atomic E-state index is -0.620. The molecule has 1 aromatic rings. The van der Waals surface area contributed by atoms with Gasteiger partial charge in [0, 0.05) is 23.5 Å². The molecule has 0 saturated heterocycles. The van der Waals surface area contributed by atoms with Crippen LogP contribution in [0.4, 0.5) is 5.69 Å². The molecule has 0 saturated carbocycles. The molecule has 0 aliphatic heterocycles. The van der Waals surface area contributed by atoms with E-state index in [0.717, 1.165) is 6.42 Å². The summed E-state index contributed by atoms with van der Waals surface area (Å²) in [6.07, 6.45) is 0.734. The second kappa shape index (κ2) is 6.90. The van der Waals surface area contributed by atoms with Crippen molar-refractivity contribution in [2.75, 3.05) is 12.4 Å². The Balaban J connectivity index is 2.85. The maximum Gasteiger partial charge on any atom is 0.283 e. The van der Waals surface area contributed by atoms with Crippen LogP contribution < -0.4 is 5.32 Å². The first kappa shape index (κ1) is 16.7. The molecular formula is C13H16Cl2N2O3. The first-order chi connectivity index (χ1) is 9.26. The maximum atomic E-state index is 12.0. The van der Waals surface area contributed by atoms with Gasteiger partial charge in [-0.2, -0.15) is 0 Å². The molecule has 1 N–H and O–H groups in total. The molecule has 0 aliphatic rings. The number of hydrogen-bond donors (Lipinski definition) is 1. The monoisotopic (exact) mass is 318 g/mol. The summed E-state index contributed by atoms with van der Waals surface area (Å²) in [5, 5.41) is 13.8. The Morgan fingerprint density at radius 1 is 1.45 bits per heavy atom. The van der Waals surface area contributed by atoms with Crippen molar-refractivity contribution in [3.8, 4) is 0 Å². The van der Waals surface area contributed by atoms with Crippen molar-refractivity contribution < 1.29 is 9.72 Å². The molecule has 0 aromatic heterocycles. The summed E-state index contributed by atoms with van der Waals surface area (Å²) in [6, 6.07) is 3.97. The zero-order chi connectivity index (χ0) is 15.3. The van der Waals surface area contributed by atoms with Gasteiger partial charge in [0.25, 0.3) is 11.6 Å². The number of hydrogen-bond acceptors (Lipinski definition) is 3. The van der Waals surface area contributed by atoms with Gasteiger partial charge < -0.3 is 5.32 Å². The largest absolute Gasteiger partial charge is 0.351 e. The fourth-order valence-corrected chi connectivity index (χ4v) is 2.28. The van der Waals surface area contributed by atoms with Crippen molar-refractivity contribution in [3.63, 3.8) is 0 Å². The summed E-state index contributed by atoms with van der Waals surface area (Å²) in [5.74, 6) is 0.000241. The van der Waals surface area contributed by atoms with E-state index in [0.29, 0.717) is 12.4 Å². The number of nitro benzene ring substituents is 1. The van der Waals surface area contributed by atoms with E-state index in [2.05, 4.69) is 5.32 Å². The Morgan fingerprint density at radius 2 is 2.10 bits per heavy atom. The Labute approximate surface area is 127 Å². The van der Waals surface area contributed by atoms with Crippen molar-refractivity contribution in [1.82, 2.24) is 5.32 Å². The first-order valence-corrected chi connectivity index (χ1v) is 6.96. The van der Waals surface area contributed by atoms with E-state index in [9.17, 15) is 14.9 Å². The zero-order valence-corrected chi connectivity index (χ0v) is 12.8. The number of carbonyl (C=O) groups excluding carboxylic acids is 1. The molecule has 1 aromatic carbocycles. The van der Waals surface area contributed by atoms with Gasteiger partial charge in [0.1, 0.15) is 5.56 Å². The predicted octanol–water partition coefficient (Wildman–Crippen LogP) is 3.63. The molecule has 0 fully saturated rings. The van der Waals surface area contributed by atoms with Crippen LogP contribution in [0.5, 0.6) is 0 Å². The predicted molar refractivity (Wildman–Crippen MR) is 79.6 cm³/mol. The summed E-state index contributed by atoms with van der Waals surface area (Å²) in [5.41, 5.74) is -0.468. The molecule has 1 rings (SSSR count). The number of nitro groups is 1. The number of carbonyl (C=O) groups is 1. The number of nitrogens with one attached hydrogen (secondary N) is 1. The molecule has 0 atom stereocenters. The molecular weight excluding hydrogens is 303 g/mol. The Kier molecular flexibility index (Phi) is 5.77. The second-order valence-electron chi connectivity index (χ2n) is 5.20. The number of benzene rings is 1. The molecule has 0 bridgehead atoms. The van der Waals surface area contributed by atoms with Gasteiger partial charge >= 0.3 is 0 Å². The molecule has 5 nitrogen and oxygen atoms in total. The second-order valence-corrected chi connectivity index (χ2v) is 6.02. The lowest BCUT2D eigenvalue weighted by Gasteiger charge is -2.23. The maximum absolute atomic E-state index is 12.0. The third-order valence-corrected chi connectivity index (χ3v) is 3.32. The highest BCUT2D eigenvalue weighted by molar-refractivity contribution is 6.31. The molecule has 20 heavy (non-hydrogen) atoms. The Bertz CT molecular complexity index is 518. The van der Waals surface area contributed by atoms with E-state index in [4.69, 9.17) is 23.2 Å². The van der Waals surface area contributed by atoms with Crippen LogP contribution in [0.2, 0.25) is 5.02 Å². The van der Waals surface area contributed by atoms with Gasteiger partial charge in [-0.1, -0.05) is 25.4 Å². The highest BCUT2D eigenvalue weighted by Crippen LogP contribution is 2.24. The Morgan fingerprint density at radius 3 is 2.65 bits per heavy atom. The van der Waals surface area contributed by atoms with Crippen molar-refractivity contribution in [1.29, 1.82) is 0 Å². The summed E-state index contributed by atoms with van der Waals surface area (Å²) in [7, 11) is 0. The van der Waals surface area contributed by atoms with E-state index in [1.807, 2.05) is 13.8 Å². The summed E-state index contributed by atoms with van der Waals surface area (Å²) in [4.78, 5) is 22.4. The normalized spacial score (nSPS) is 11.2. The molecule has 0 radical (unpaired) electrons. The van der Waals surface area contributed by atoms with E-state index in [1.54, 1.807) is 0 Å². The SMILES string of the molecule is CC(C)(CCCl)CNC(=O)c1ccc(Cl)cc1[N+](=O)[O-]. The van der Waals surface area contributed by atoms with E-state index >= 15 is 0 Å². The lowest BCUT2D eigenvalue weighted by molar-refractivity contribution is -0.385. The minimum absolute atomic E-state index is 0.000994. The summed E-state index contributed by atoms with van der Waals surface area (Å²) >= 11 is 11.4. The highest BCUT2D eigenvalue weighted by Gasteiger charge is 2.23. The number of alkyl halides is 1. The van der Waals surface area contributed by atoms with E-state index < -0.39 is 10.8 Å². The molecule has 0 unspecified atom stereocenters. The third kappa shape index (κ3) is 4.65. The van der Waals surface area contributed by atoms with Gasteiger partial charge in [-0.3, -0.25) is 14.9 Å². The fraction of sp³-hybridized carbons (Fsp3) is 0.462. The van der Waals surface area contributed by atoms with Gasteiger partial charge in [-0.25, -0.2) is 0 Å². The Hall–Kier alpha value is -1.33. The van der Waals surface area contributed by atoms with Crippen LogP contribution in [-0.4, -0.2) is 23.3 Å². The lowest BCUT2D eigenvalue weighted by Crippen LogP contribution is -2.34. The summed E-state index contributed by atoms with van der Waals surface area (Å²) in [6.45, 7) is 4.32. The van der Waals surface area contributed by atoms with Gasteiger partial charge in [0.2, 0.25) is 0 Å². The van der Waals surface area contributed by atoms with Crippen LogP contribution in [0.25, 0.3) is 0 Å². The number of halogens is 2. The first-order valence-electron chi connectivity index (χ1n) is 6.05. The average molecular weight is 319 g/mol. The molecule has 1 amide bonds. The number of rotatable bonds is 6. The van der Waals surface area contributed by atoms with Gasteiger partial charge in [0.15, 0.2) is 0 Å². The molecule has 110 valence electrons. The molecule has 7 heteroatoms. The topological polar surface area (TPSA) is 72.2 Å².